The molecule has 0 saturated heterocycles. The molecule has 0 aliphatic carbocycles. The summed E-state index contributed by atoms with van der Waals surface area (Å²) >= 11 is 0. The Labute approximate surface area is 226 Å². The summed E-state index contributed by atoms with van der Waals surface area (Å²) in [4.78, 5) is 50.3. The van der Waals surface area contributed by atoms with E-state index < -0.39 is 41.9 Å². The number of amides is 3. The first-order chi connectivity index (χ1) is 18.8. The molecule has 0 bridgehead atoms. The van der Waals surface area contributed by atoms with E-state index in [2.05, 4.69) is 10.6 Å². The number of benzene rings is 3. The number of carbonyl (C=O) groups excluding carboxylic acids is 3. The van der Waals surface area contributed by atoms with Gasteiger partial charge in [0.15, 0.2) is 0 Å². The second kappa shape index (κ2) is 14.9. The molecular weight excluding hydrogens is 502 g/mol. The second-order valence-electron chi connectivity index (χ2n) is 8.78. The van der Waals surface area contributed by atoms with Crippen LogP contribution in [0.4, 0.5) is 4.79 Å². The number of aliphatic carboxylic acids is 1. The van der Waals surface area contributed by atoms with Crippen molar-refractivity contribution in [1.29, 1.82) is 0 Å². The van der Waals surface area contributed by atoms with E-state index in [1.807, 2.05) is 36.4 Å². The second-order valence-corrected chi connectivity index (χ2v) is 8.78. The number of primary amides is 1. The van der Waals surface area contributed by atoms with E-state index >= 15 is 0 Å². The molecule has 10 nitrogen and oxygen atoms in total. The molecule has 0 heterocycles. The Bertz CT molecular complexity index is 1220. The van der Waals surface area contributed by atoms with E-state index in [-0.39, 0.29) is 26.2 Å². The lowest BCUT2D eigenvalue weighted by molar-refractivity contribution is -0.145. The minimum absolute atomic E-state index is 0.0705. The Morgan fingerprint density at radius 2 is 1.26 bits per heavy atom. The fourth-order valence-electron chi connectivity index (χ4n) is 3.78. The molecule has 3 amide bonds. The minimum atomic E-state index is -1.58. The molecule has 0 aliphatic rings. The maximum absolute atomic E-state index is 13.3. The number of rotatable bonds is 14. The van der Waals surface area contributed by atoms with Gasteiger partial charge in [-0.3, -0.25) is 14.4 Å². The molecule has 0 saturated carbocycles. The fourth-order valence-corrected chi connectivity index (χ4v) is 3.78. The summed E-state index contributed by atoms with van der Waals surface area (Å²) in [6, 6.07) is 23.9. The van der Waals surface area contributed by atoms with Gasteiger partial charge in [-0.05, 0) is 23.1 Å². The van der Waals surface area contributed by atoms with Crippen molar-refractivity contribution in [2.75, 3.05) is 6.61 Å². The first-order valence-corrected chi connectivity index (χ1v) is 12.3. The molecule has 1 unspecified atom stereocenters. The number of hydrogen-bond acceptors (Lipinski definition) is 6. The number of nitrogens with two attached hydrogens (primary N) is 1. The Morgan fingerprint density at radius 3 is 1.77 bits per heavy atom. The van der Waals surface area contributed by atoms with E-state index in [0.717, 1.165) is 5.56 Å². The first-order valence-electron chi connectivity index (χ1n) is 12.3. The van der Waals surface area contributed by atoms with E-state index in [9.17, 15) is 24.3 Å². The molecule has 0 spiro atoms. The van der Waals surface area contributed by atoms with E-state index in [4.69, 9.17) is 15.2 Å². The Morgan fingerprint density at radius 1 is 0.744 bits per heavy atom. The van der Waals surface area contributed by atoms with Gasteiger partial charge in [0.25, 0.3) is 0 Å². The van der Waals surface area contributed by atoms with Gasteiger partial charge >= 0.3 is 12.1 Å². The third-order valence-electron chi connectivity index (χ3n) is 5.84. The van der Waals surface area contributed by atoms with Crippen molar-refractivity contribution in [3.63, 3.8) is 0 Å². The Hall–Kier alpha value is -4.70. The average Bonchev–Trinajstić information content (AvgIpc) is 2.94. The van der Waals surface area contributed by atoms with Crippen molar-refractivity contribution in [3.8, 4) is 0 Å². The summed E-state index contributed by atoms with van der Waals surface area (Å²) in [5, 5.41) is 14.8. The summed E-state index contributed by atoms with van der Waals surface area (Å²) in [6.07, 6.45) is -1.06. The van der Waals surface area contributed by atoms with E-state index in [1.165, 1.54) is 0 Å². The lowest BCUT2D eigenvalue weighted by Gasteiger charge is -2.26. The molecule has 3 aromatic rings. The quantitative estimate of drug-likeness (QED) is 0.248. The van der Waals surface area contributed by atoms with Gasteiger partial charge in [-0.1, -0.05) is 91.0 Å². The SMILES string of the molecule is NC(=O)[C@@H](COCc1ccccc1)NC(=O)[C@@H](NC(=O)OCc1ccccc1)C(Cc1ccccc1)C(=O)O. The molecule has 0 fully saturated rings. The highest BCUT2D eigenvalue weighted by molar-refractivity contribution is 5.93. The van der Waals surface area contributed by atoms with Gasteiger partial charge in [-0.25, -0.2) is 4.79 Å². The lowest BCUT2D eigenvalue weighted by Crippen LogP contribution is -2.58. The van der Waals surface area contributed by atoms with Gasteiger partial charge in [0, 0.05) is 0 Å². The van der Waals surface area contributed by atoms with Crippen molar-refractivity contribution in [2.24, 2.45) is 11.7 Å². The van der Waals surface area contributed by atoms with Gasteiger partial charge in [0.1, 0.15) is 18.7 Å². The zero-order valence-electron chi connectivity index (χ0n) is 21.2. The molecule has 204 valence electrons. The lowest BCUT2D eigenvalue weighted by atomic mass is 9.91. The molecule has 10 heteroatoms. The van der Waals surface area contributed by atoms with Gasteiger partial charge in [-0.15, -0.1) is 0 Å². The van der Waals surface area contributed by atoms with Crippen molar-refractivity contribution >= 4 is 23.9 Å². The number of nitrogens with one attached hydrogen (secondary N) is 2. The smallest absolute Gasteiger partial charge is 0.408 e. The maximum atomic E-state index is 13.3. The number of carbonyl (C=O) groups is 4. The van der Waals surface area contributed by atoms with Crippen LogP contribution >= 0.6 is 0 Å². The zero-order chi connectivity index (χ0) is 28.0. The predicted octanol–water partition coefficient (Wildman–Crippen LogP) is 2.41. The van der Waals surface area contributed by atoms with Crippen LogP contribution in [0.5, 0.6) is 0 Å². The topological polar surface area (TPSA) is 157 Å². The maximum Gasteiger partial charge on any atom is 0.408 e. The Kier molecular flexibility index (Phi) is 11.0. The molecule has 3 atom stereocenters. The van der Waals surface area contributed by atoms with Crippen LogP contribution in [0.2, 0.25) is 0 Å². The van der Waals surface area contributed by atoms with Crippen LogP contribution in [0.1, 0.15) is 16.7 Å². The standard InChI is InChI=1S/C29H31N3O7/c30-26(33)24(19-38-17-21-12-6-2-7-13-21)31-27(34)25(23(28(35)36)16-20-10-4-1-5-11-20)32-29(37)39-18-22-14-8-3-9-15-22/h1-15,23-25H,16-19H2,(H2,30,33)(H,31,34)(H,32,37)(H,35,36)/t23?,24-,25+/m1/s1. The first kappa shape index (κ1) is 28.9. The van der Waals surface area contributed by atoms with E-state index in [1.54, 1.807) is 54.6 Å². The monoisotopic (exact) mass is 533 g/mol. The van der Waals surface area contributed by atoms with Crippen LogP contribution in [0.3, 0.4) is 0 Å². The van der Waals surface area contributed by atoms with Crippen molar-refractivity contribution in [3.05, 3.63) is 108 Å². The fraction of sp³-hybridized carbons (Fsp3) is 0.241. The van der Waals surface area contributed by atoms with Gasteiger partial charge in [0.05, 0.1) is 19.1 Å². The van der Waals surface area contributed by atoms with E-state index in [0.29, 0.717) is 11.1 Å². The summed E-state index contributed by atoms with van der Waals surface area (Å²) in [6.45, 7) is -0.175. The molecule has 3 aromatic carbocycles. The van der Waals surface area contributed by atoms with Gasteiger partial charge < -0.3 is 30.9 Å². The molecule has 5 N–H and O–H groups in total. The zero-order valence-corrected chi connectivity index (χ0v) is 21.2. The highest BCUT2D eigenvalue weighted by atomic mass is 16.5. The molecule has 0 radical (unpaired) electrons. The normalized spacial score (nSPS) is 12.9. The van der Waals surface area contributed by atoms with Crippen molar-refractivity contribution in [1.82, 2.24) is 10.6 Å². The van der Waals surface area contributed by atoms with Crippen LogP contribution in [0.15, 0.2) is 91.0 Å². The number of carboxylic acids is 1. The van der Waals surface area contributed by atoms with Gasteiger partial charge in [-0.2, -0.15) is 0 Å². The summed E-state index contributed by atoms with van der Waals surface area (Å²) < 4.78 is 10.8. The average molecular weight is 534 g/mol. The predicted molar refractivity (Wildman–Crippen MR) is 142 cm³/mol. The van der Waals surface area contributed by atoms with Crippen molar-refractivity contribution < 1.29 is 33.8 Å². The number of carboxylic acid groups (broad SMARTS) is 1. The highest BCUT2D eigenvalue weighted by Gasteiger charge is 2.37. The Balaban J connectivity index is 1.73. The minimum Gasteiger partial charge on any atom is -0.481 e. The summed E-state index contributed by atoms with van der Waals surface area (Å²) in [5.41, 5.74) is 7.67. The molecular formula is C29H31N3O7. The highest BCUT2D eigenvalue weighted by Crippen LogP contribution is 2.15. The van der Waals surface area contributed by atoms with Crippen LogP contribution in [-0.4, -0.2) is 47.7 Å². The largest absolute Gasteiger partial charge is 0.481 e. The van der Waals surface area contributed by atoms with Crippen LogP contribution < -0.4 is 16.4 Å². The molecule has 3 rings (SSSR count). The van der Waals surface area contributed by atoms with Gasteiger partial charge in [0.2, 0.25) is 11.8 Å². The summed E-state index contributed by atoms with van der Waals surface area (Å²) in [7, 11) is 0. The molecule has 0 aliphatic heterocycles. The van der Waals surface area contributed by atoms with Crippen LogP contribution in [0.25, 0.3) is 0 Å². The molecule has 0 aromatic heterocycles. The number of hydrogen-bond donors (Lipinski definition) is 4. The third kappa shape index (κ3) is 9.60. The van der Waals surface area contributed by atoms with Crippen molar-refractivity contribution in [2.45, 2.75) is 31.7 Å². The summed E-state index contributed by atoms with van der Waals surface area (Å²) in [5.74, 6) is -4.49. The number of ether oxygens (including phenoxy) is 2. The van der Waals surface area contributed by atoms with Crippen LogP contribution in [0, 0.1) is 5.92 Å². The number of alkyl carbamates (subject to hydrolysis) is 1. The van der Waals surface area contributed by atoms with Crippen LogP contribution in [-0.2, 0) is 43.5 Å². The molecule has 39 heavy (non-hydrogen) atoms. The third-order valence-corrected chi connectivity index (χ3v) is 5.84.